The molecule has 78 heavy (non-hydrogen) atoms. The van der Waals surface area contributed by atoms with E-state index in [2.05, 4.69) is 31.9 Å². The molecule has 8 aromatic carbocycles. The fraction of sp³-hybridized carbons (Fsp3) is 0.250. The van der Waals surface area contributed by atoms with Crippen molar-refractivity contribution in [3.63, 3.8) is 0 Å². The van der Waals surface area contributed by atoms with Crippen LogP contribution in [-0.2, 0) is 18.6 Å². The minimum Gasteiger partial charge on any atom is -0.507 e. The molecule has 10 nitrogen and oxygen atoms in total. The van der Waals surface area contributed by atoms with Crippen LogP contribution in [0.1, 0.15) is 90.2 Å². The zero-order valence-electron chi connectivity index (χ0n) is 45.7. The van der Waals surface area contributed by atoms with Crippen molar-refractivity contribution in [2.24, 2.45) is 0 Å². The number of aryl methyl sites for hydroxylation is 2. The summed E-state index contributed by atoms with van der Waals surface area (Å²) >= 11 is 6.42. The van der Waals surface area contributed by atoms with Crippen LogP contribution in [-0.4, -0.2) is 46.9 Å². The number of hydrogen-bond acceptors (Lipinski definition) is 10. The maximum absolute atomic E-state index is 10.2. The topological polar surface area (TPSA) is 114 Å². The summed E-state index contributed by atoms with van der Waals surface area (Å²) in [6.07, 6.45) is -1.22. The first-order valence-corrected chi connectivity index (χ1v) is 27.4. The molecule has 1 atom stereocenters. The van der Waals surface area contributed by atoms with Crippen molar-refractivity contribution >= 4 is 57.0 Å². The zero-order valence-corrected chi connectivity index (χ0v) is 48.9. The van der Waals surface area contributed by atoms with Crippen LogP contribution >= 0.6 is 31.9 Å². The lowest BCUT2D eigenvalue weighted by molar-refractivity contribution is 0.00354. The minimum atomic E-state index is -0.642. The molecule has 0 radical (unpaired) electrons. The van der Waals surface area contributed by atoms with Gasteiger partial charge in [-0.25, -0.2) is 0 Å². The highest BCUT2D eigenvalue weighted by Gasteiger charge is 2.52. The normalized spacial score (nSPS) is 16.0. The summed E-state index contributed by atoms with van der Waals surface area (Å²) in [6, 6.07) is 61.7. The van der Waals surface area contributed by atoms with Gasteiger partial charge >= 0.3 is 14.2 Å². The van der Waals surface area contributed by atoms with Gasteiger partial charge in [-0.1, -0.05) is 142 Å². The molecule has 2 fully saturated rings. The van der Waals surface area contributed by atoms with Crippen molar-refractivity contribution in [2.75, 3.05) is 0 Å². The number of rotatable bonds is 13. The number of benzene rings is 8. The molecule has 10 rings (SSSR count). The average molecular weight is 1180 g/mol. The van der Waals surface area contributed by atoms with Crippen LogP contribution in [0.15, 0.2) is 203 Å². The number of phenolic OH excluding ortho intramolecular Hbond substituents is 2. The van der Waals surface area contributed by atoms with Crippen molar-refractivity contribution in [3.05, 3.63) is 225 Å². The second kappa shape index (κ2) is 24.7. The Morgan fingerprint density at radius 2 is 0.744 bits per heavy atom. The largest absolute Gasteiger partial charge is 0.507 e. The number of phenols is 2. The number of aromatic hydroxyl groups is 2. The Morgan fingerprint density at radius 3 is 1.12 bits per heavy atom. The van der Waals surface area contributed by atoms with Crippen LogP contribution in [0.2, 0.25) is 0 Å². The van der Waals surface area contributed by atoms with Crippen molar-refractivity contribution in [1.29, 1.82) is 0 Å². The molecule has 0 saturated carbocycles. The maximum atomic E-state index is 10.2. The summed E-state index contributed by atoms with van der Waals surface area (Å²) in [4.78, 5) is 0. The Labute approximate surface area is 477 Å². The van der Waals surface area contributed by atoms with Gasteiger partial charge in [-0.2, -0.15) is 0 Å². The molecule has 14 heteroatoms. The second-order valence-electron chi connectivity index (χ2n) is 21.2. The minimum absolute atomic E-state index is 0.262. The van der Waals surface area contributed by atoms with E-state index in [1.54, 1.807) is 24.3 Å². The molecule has 2 saturated heterocycles. The highest BCUT2D eigenvalue weighted by molar-refractivity contribution is 9.11. The predicted molar refractivity (Wildman–Crippen MR) is 318 cm³/mol. The van der Waals surface area contributed by atoms with E-state index < -0.39 is 49.2 Å². The number of halogens is 2. The third-order valence-electron chi connectivity index (χ3n) is 14.2. The Balaban J connectivity index is 0.000000181. The smallest absolute Gasteiger partial charge is 0.494 e. The van der Waals surface area contributed by atoms with E-state index in [4.69, 9.17) is 42.7 Å². The van der Waals surface area contributed by atoms with Gasteiger partial charge in [0.25, 0.3) is 12.6 Å². The predicted octanol–water partition coefficient (Wildman–Crippen LogP) is 15.2. The molecule has 2 aliphatic rings. The van der Waals surface area contributed by atoms with Crippen molar-refractivity contribution in [3.8, 4) is 45.6 Å². The third kappa shape index (κ3) is 14.6. The molecule has 0 spiro atoms. The van der Waals surface area contributed by atoms with Crippen LogP contribution in [0.4, 0.5) is 0 Å². The van der Waals surface area contributed by atoms with Crippen LogP contribution < -0.4 is 29.9 Å². The Bertz CT molecular complexity index is 3100. The standard InChI is InChI=1S/C31H38B2O6.C27H24O3.C6H4Br2O/c1-28(2)29(3,4)37-32(36-28)23-14-18-25(19-15-23)34-27(22-12-10-9-11-13-22)35-26-20-16-24(17-21-26)33-38-30(5,6)31(7,8)39-33;1-19-8-13-23(14-9-19)29-27(22-6-4-3-5-7-22)30-24-15-11-21(12-16-24)25-18-20(2)10-17-26(25)28;7-4-1-2-6(9)5(8)3-4/h9-21,27H,1-8H3;3-18,27-28H,1-2H3;1-3,9H. The molecule has 0 aromatic heterocycles. The molecule has 0 amide bonds. The molecule has 2 heterocycles. The molecular weight excluding hydrogens is 1110 g/mol. The van der Waals surface area contributed by atoms with Gasteiger partial charge in [0.05, 0.1) is 26.9 Å². The van der Waals surface area contributed by atoms with Crippen LogP contribution in [0.5, 0.6) is 34.5 Å². The molecule has 2 aliphatic heterocycles. The van der Waals surface area contributed by atoms with Gasteiger partial charge < -0.3 is 47.8 Å². The highest BCUT2D eigenvalue weighted by atomic mass is 79.9. The van der Waals surface area contributed by atoms with Gasteiger partial charge in [-0.15, -0.1) is 0 Å². The Hall–Kier alpha value is -6.51. The average Bonchev–Trinajstić information content (AvgIpc) is 3.91. The molecular formula is C64H66B2Br2O10. The van der Waals surface area contributed by atoms with E-state index in [9.17, 15) is 5.11 Å². The molecule has 2 N–H and O–H groups in total. The lowest BCUT2D eigenvalue weighted by Crippen LogP contribution is -2.41. The van der Waals surface area contributed by atoms with Gasteiger partial charge in [-0.3, -0.25) is 0 Å². The third-order valence-corrected chi connectivity index (χ3v) is 15.3. The fourth-order valence-corrected chi connectivity index (χ4v) is 9.14. The SMILES string of the molecule is CC1(C)OB(c2ccc(OC(Oc3ccc(B4OC(C)(C)C(C)(C)O4)cc3)c3ccccc3)cc2)OC1(C)C.Cc1ccc(OC(Oc2ccc(-c3cc(C)ccc3O)cc2)c2ccccc2)cc1.Oc1ccc(Br)cc1Br. The lowest BCUT2D eigenvalue weighted by atomic mass is 9.79. The summed E-state index contributed by atoms with van der Waals surface area (Å²) in [5.41, 5.74) is 6.15. The second-order valence-corrected chi connectivity index (χ2v) is 23.0. The molecule has 0 bridgehead atoms. The summed E-state index contributed by atoms with van der Waals surface area (Å²) < 4.78 is 51.4. The fourth-order valence-electron chi connectivity index (χ4n) is 8.09. The van der Waals surface area contributed by atoms with Gasteiger partial charge in [0.2, 0.25) is 0 Å². The summed E-state index contributed by atoms with van der Waals surface area (Å²) in [5, 5.41) is 19.2. The summed E-state index contributed by atoms with van der Waals surface area (Å²) in [7, 11) is -0.847. The van der Waals surface area contributed by atoms with Crippen molar-refractivity contribution < 1.29 is 47.8 Å². The first kappa shape index (κ1) is 57.7. The van der Waals surface area contributed by atoms with Crippen molar-refractivity contribution in [2.45, 2.75) is 104 Å². The van der Waals surface area contributed by atoms with E-state index >= 15 is 0 Å². The molecule has 1 unspecified atom stereocenters. The van der Waals surface area contributed by atoms with Gasteiger partial charge in [0, 0.05) is 21.2 Å². The summed E-state index contributed by atoms with van der Waals surface area (Å²) in [6.45, 7) is 20.4. The van der Waals surface area contributed by atoms with E-state index in [0.29, 0.717) is 21.7 Å². The lowest BCUT2D eigenvalue weighted by Gasteiger charge is -2.32. The Morgan fingerprint density at radius 1 is 0.397 bits per heavy atom. The summed E-state index contributed by atoms with van der Waals surface area (Å²) in [5.74, 6) is 3.32. The van der Waals surface area contributed by atoms with Gasteiger partial charge in [-0.05, 0) is 181 Å². The van der Waals surface area contributed by atoms with Crippen LogP contribution in [0.25, 0.3) is 11.1 Å². The highest BCUT2D eigenvalue weighted by Crippen LogP contribution is 2.39. The first-order chi connectivity index (χ1) is 37.0. The van der Waals surface area contributed by atoms with E-state index in [1.165, 1.54) is 5.56 Å². The van der Waals surface area contributed by atoms with E-state index in [1.807, 2.05) is 239 Å². The Kier molecular flexibility index (Phi) is 18.2. The molecule has 8 aromatic rings. The van der Waals surface area contributed by atoms with Crippen LogP contribution in [0, 0.1) is 13.8 Å². The van der Waals surface area contributed by atoms with Gasteiger partial charge in [0.15, 0.2) is 0 Å². The monoisotopic (exact) mass is 1170 g/mol. The number of hydrogen-bond donors (Lipinski definition) is 2. The van der Waals surface area contributed by atoms with Gasteiger partial charge in [0.1, 0.15) is 34.5 Å². The first-order valence-electron chi connectivity index (χ1n) is 25.8. The van der Waals surface area contributed by atoms with E-state index in [-0.39, 0.29) is 11.5 Å². The number of ether oxygens (including phenoxy) is 4. The molecule has 402 valence electrons. The quantitative estimate of drug-likeness (QED) is 0.0854. The van der Waals surface area contributed by atoms with E-state index in [0.717, 1.165) is 49.0 Å². The van der Waals surface area contributed by atoms with Crippen molar-refractivity contribution in [1.82, 2.24) is 0 Å². The zero-order chi connectivity index (χ0) is 55.8. The molecule has 0 aliphatic carbocycles. The maximum Gasteiger partial charge on any atom is 0.494 e. The van der Waals surface area contributed by atoms with Crippen LogP contribution in [0.3, 0.4) is 0 Å².